The minimum Gasteiger partial charge on any atom is -0.487 e. The van der Waals surface area contributed by atoms with Crippen LogP contribution in [0.25, 0.3) is 0 Å². The monoisotopic (exact) mass is 249 g/mol. The third-order valence-electron chi connectivity index (χ3n) is 3.61. The van der Waals surface area contributed by atoms with Crippen LogP contribution in [0.4, 0.5) is 0 Å². The van der Waals surface area contributed by atoms with Gasteiger partial charge in [-0.3, -0.25) is 0 Å². The zero-order valence-electron chi connectivity index (χ0n) is 10.3. The molecule has 3 heteroatoms. The molecule has 0 saturated carbocycles. The Balaban J connectivity index is 1.79. The Kier molecular flexibility index (Phi) is 3.05. The van der Waals surface area contributed by atoms with E-state index in [4.69, 9.17) is 4.74 Å². The van der Waals surface area contributed by atoms with E-state index < -0.39 is 0 Å². The predicted molar refractivity (Wildman–Crippen MR) is 72.8 cm³/mol. The van der Waals surface area contributed by atoms with Crippen molar-refractivity contribution >= 4 is 11.8 Å². The van der Waals surface area contributed by atoms with Crippen molar-refractivity contribution in [1.82, 2.24) is 5.32 Å². The number of fused-ring (bicyclic) bond motifs is 1. The van der Waals surface area contributed by atoms with Crippen LogP contribution >= 0.6 is 11.8 Å². The van der Waals surface area contributed by atoms with E-state index in [-0.39, 0.29) is 5.60 Å². The Morgan fingerprint density at radius 1 is 1.35 bits per heavy atom. The fraction of sp³-hybridized carbons (Fsp3) is 0.571. The lowest BCUT2D eigenvalue weighted by Crippen LogP contribution is -2.32. The summed E-state index contributed by atoms with van der Waals surface area (Å²) >= 11 is 1.99. The van der Waals surface area contributed by atoms with Crippen molar-refractivity contribution in [3.8, 4) is 5.75 Å². The second kappa shape index (κ2) is 4.54. The molecule has 0 aromatic heterocycles. The first-order valence-electron chi connectivity index (χ1n) is 6.34. The van der Waals surface area contributed by atoms with Crippen molar-refractivity contribution in [3.63, 3.8) is 0 Å². The molecule has 0 spiro atoms. The van der Waals surface area contributed by atoms with E-state index >= 15 is 0 Å². The maximum Gasteiger partial charge on any atom is 0.120 e. The molecular weight excluding hydrogens is 230 g/mol. The molecule has 2 nitrogen and oxygen atoms in total. The molecule has 1 N–H and O–H groups in total. The molecule has 1 atom stereocenters. The number of hydrogen-bond acceptors (Lipinski definition) is 3. The highest BCUT2D eigenvalue weighted by molar-refractivity contribution is 7.99. The van der Waals surface area contributed by atoms with Crippen LogP contribution in [0.1, 0.15) is 24.5 Å². The lowest BCUT2D eigenvalue weighted by molar-refractivity contribution is 0.117. The zero-order chi connectivity index (χ0) is 11.7. The predicted octanol–water partition coefficient (Wildman–Crippen LogP) is 2.61. The Bertz CT molecular complexity index is 413. The number of rotatable bonds is 2. The summed E-state index contributed by atoms with van der Waals surface area (Å²) in [7, 11) is 0. The molecule has 2 aliphatic heterocycles. The first-order valence-corrected chi connectivity index (χ1v) is 7.50. The summed E-state index contributed by atoms with van der Waals surface area (Å²) in [5.74, 6) is 3.38. The highest BCUT2D eigenvalue weighted by atomic mass is 32.2. The van der Waals surface area contributed by atoms with Gasteiger partial charge in [0, 0.05) is 12.3 Å². The van der Waals surface area contributed by atoms with Gasteiger partial charge in [0.25, 0.3) is 0 Å². The number of benzene rings is 1. The molecule has 2 aliphatic rings. The average Bonchev–Trinajstić information content (AvgIpc) is 2.76. The third-order valence-corrected chi connectivity index (χ3v) is 4.92. The number of hydrogen-bond donors (Lipinski definition) is 1. The molecule has 0 amide bonds. The molecule has 1 fully saturated rings. The van der Waals surface area contributed by atoms with Gasteiger partial charge < -0.3 is 10.1 Å². The van der Waals surface area contributed by atoms with E-state index in [0.717, 1.165) is 37.4 Å². The van der Waals surface area contributed by atoms with Gasteiger partial charge in [-0.15, -0.1) is 0 Å². The van der Waals surface area contributed by atoms with Crippen LogP contribution in [0.2, 0.25) is 0 Å². The summed E-state index contributed by atoms with van der Waals surface area (Å²) in [5, 5.41) is 3.41. The molecule has 1 unspecified atom stereocenters. The molecule has 0 radical (unpaired) electrons. The molecular formula is C14H19NOS. The third kappa shape index (κ3) is 2.45. The van der Waals surface area contributed by atoms with Gasteiger partial charge in [0.05, 0.1) is 0 Å². The van der Waals surface area contributed by atoms with E-state index in [2.05, 4.69) is 30.4 Å². The van der Waals surface area contributed by atoms with Crippen molar-refractivity contribution in [2.45, 2.75) is 31.9 Å². The van der Waals surface area contributed by atoms with Crippen molar-refractivity contribution in [3.05, 3.63) is 29.3 Å². The Morgan fingerprint density at radius 2 is 2.29 bits per heavy atom. The molecule has 1 aromatic rings. The van der Waals surface area contributed by atoms with E-state index in [1.807, 2.05) is 11.8 Å². The number of ether oxygens (including phenoxy) is 1. The molecule has 3 rings (SSSR count). The first-order chi connectivity index (χ1) is 8.25. The van der Waals surface area contributed by atoms with E-state index in [0.29, 0.717) is 0 Å². The zero-order valence-corrected chi connectivity index (χ0v) is 11.1. The minimum atomic E-state index is 0.0427. The molecule has 0 bridgehead atoms. The fourth-order valence-corrected chi connectivity index (χ4v) is 3.89. The number of thioether (sulfide) groups is 1. The molecule has 17 heavy (non-hydrogen) atoms. The van der Waals surface area contributed by atoms with Gasteiger partial charge in [-0.2, -0.15) is 11.8 Å². The summed E-state index contributed by atoms with van der Waals surface area (Å²) in [6, 6.07) is 6.59. The minimum absolute atomic E-state index is 0.0427. The van der Waals surface area contributed by atoms with Gasteiger partial charge in [0.2, 0.25) is 0 Å². The second-order valence-electron chi connectivity index (χ2n) is 5.21. The quantitative estimate of drug-likeness (QED) is 0.870. The summed E-state index contributed by atoms with van der Waals surface area (Å²) < 4.78 is 6.18. The van der Waals surface area contributed by atoms with Gasteiger partial charge in [-0.25, -0.2) is 0 Å². The Labute approximate surface area is 107 Å². The molecule has 1 aromatic carbocycles. The topological polar surface area (TPSA) is 21.3 Å². The van der Waals surface area contributed by atoms with Gasteiger partial charge in [0.15, 0.2) is 0 Å². The van der Waals surface area contributed by atoms with Crippen LogP contribution in [-0.2, 0) is 13.0 Å². The van der Waals surface area contributed by atoms with Crippen LogP contribution in [0.3, 0.4) is 0 Å². The van der Waals surface area contributed by atoms with Gasteiger partial charge in [-0.1, -0.05) is 6.07 Å². The highest BCUT2D eigenvalue weighted by Crippen LogP contribution is 2.33. The lowest BCUT2D eigenvalue weighted by Gasteiger charge is -2.26. The molecule has 1 saturated heterocycles. The van der Waals surface area contributed by atoms with E-state index in [9.17, 15) is 0 Å². The largest absolute Gasteiger partial charge is 0.487 e. The van der Waals surface area contributed by atoms with E-state index in [1.54, 1.807) is 0 Å². The highest BCUT2D eigenvalue weighted by Gasteiger charge is 2.31. The molecule has 92 valence electrons. The van der Waals surface area contributed by atoms with Crippen LogP contribution in [0, 0.1) is 0 Å². The van der Waals surface area contributed by atoms with Crippen molar-refractivity contribution in [2.24, 2.45) is 0 Å². The van der Waals surface area contributed by atoms with Gasteiger partial charge in [0.1, 0.15) is 11.4 Å². The standard InChI is InChI=1S/C14H19NOS/c1-14(5-7-17-10-14)16-13-3-2-11-4-6-15-9-12(11)8-13/h2-3,8,15H,4-7,9-10H2,1H3. The van der Waals surface area contributed by atoms with Crippen LogP contribution in [0.5, 0.6) is 5.75 Å². The Morgan fingerprint density at radius 3 is 3.12 bits per heavy atom. The van der Waals surface area contributed by atoms with Crippen molar-refractivity contribution in [1.29, 1.82) is 0 Å². The summed E-state index contributed by atoms with van der Waals surface area (Å²) in [5.41, 5.74) is 2.92. The summed E-state index contributed by atoms with van der Waals surface area (Å²) in [4.78, 5) is 0. The molecule has 0 aliphatic carbocycles. The Hall–Kier alpha value is -0.670. The lowest BCUT2D eigenvalue weighted by atomic mass is 10.0. The summed E-state index contributed by atoms with van der Waals surface area (Å²) in [6.07, 6.45) is 2.30. The first kappa shape index (κ1) is 11.4. The average molecular weight is 249 g/mol. The SMILES string of the molecule is CC1(Oc2ccc3c(c2)CNCC3)CCSC1. The van der Waals surface area contributed by atoms with Crippen LogP contribution < -0.4 is 10.1 Å². The van der Waals surface area contributed by atoms with Crippen LogP contribution in [-0.4, -0.2) is 23.7 Å². The maximum atomic E-state index is 6.18. The normalized spacial score (nSPS) is 27.8. The fourth-order valence-electron chi connectivity index (χ4n) is 2.53. The van der Waals surface area contributed by atoms with Crippen molar-refractivity contribution in [2.75, 3.05) is 18.1 Å². The van der Waals surface area contributed by atoms with Crippen LogP contribution in [0.15, 0.2) is 18.2 Å². The maximum absolute atomic E-state index is 6.18. The summed E-state index contributed by atoms with van der Waals surface area (Å²) in [6.45, 7) is 4.31. The molecule has 2 heterocycles. The van der Waals surface area contributed by atoms with Gasteiger partial charge >= 0.3 is 0 Å². The van der Waals surface area contributed by atoms with E-state index in [1.165, 1.54) is 16.9 Å². The smallest absolute Gasteiger partial charge is 0.120 e. The number of nitrogens with one attached hydrogen (secondary N) is 1. The second-order valence-corrected chi connectivity index (χ2v) is 6.32. The van der Waals surface area contributed by atoms with Crippen molar-refractivity contribution < 1.29 is 4.74 Å². The van der Waals surface area contributed by atoms with Gasteiger partial charge in [-0.05, 0) is 55.3 Å².